The summed E-state index contributed by atoms with van der Waals surface area (Å²) < 4.78 is 11.4. The number of aliphatic hydroxyl groups excluding tert-OH is 1. The van der Waals surface area contributed by atoms with Crippen LogP contribution in [0, 0.1) is 0 Å². The van der Waals surface area contributed by atoms with Gasteiger partial charge in [-0.05, 0) is 45.8 Å². The summed E-state index contributed by atoms with van der Waals surface area (Å²) in [4.78, 5) is 11.8. The Morgan fingerprint density at radius 1 is 1.19 bits per heavy atom. The molecule has 0 saturated carbocycles. The molecule has 0 unspecified atom stereocenters. The van der Waals surface area contributed by atoms with Gasteiger partial charge in [-0.25, -0.2) is 4.79 Å². The van der Waals surface area contributed by atoms with Crippen molar-refractivity contribution in [2.75, 3.05) is 6.61 Å². The van der Waals surface area contributed by atoms with E-state index >= 15 is 0 Å². The zero-order valence-corrected chi connectivity index (χ0v) is 16.0. The molecule has 0 fully saturated rings. The fraction of sp³-hybridized carbons (Fsp3) is 0.933. The van der Waals surface area contributed by atoms with Crippen LogP contribution in [0.5, 0.6) is 0 Å². The number of nitrogens with one attached hydrogen (secondary N) is 1. The van der Waals surface area contributed by atoms with Crippen molar-refractivity contribution in [1.82, 2.24) is 5.32 Å². The number of hydrogen-bond donors (Lipinski definition) is 2. The molecular weight excluding hydrogens is 286 g/mol. The van der Waals surface area contributed by atoms with E-state index in [0.717, 1.165) is 0 Å². The molecule has 126 valence electrons. The van der Waals surface area contributed by atoms with E-state index in [1.54, 1.807) is 20.8 Å². The maximum atomic E-state index is 11.8. The van der Waals surface area contributed by atoms with E-state index in [0.29, 0.717) is 0 Å². The van der Waals surface area contributed by atoms with Gasteiger partial charge in [0.15, 0.2) is 8.32 Å². The monoisotopic (exact) mass is 319 g/mol. The molecule has 6 heteroatoms. The molecule has 0 aliphatic carbocycles. The Morgan fingerprint density at radius 2 is 1.67 bits per heavy atom. The summed E-state index contributed by atoms with van der Waals surface area (Å²) in [5.74, 6) is 0. The second-order valence-corrected chi connectivity index (χ2v) is 12.8. The van der Waals surface area contributed by atoms with Gasteiger partial charge in [-0.1, -0.05) is 20.8 Å². The van der Waals surface area contributed by atoms with Crippen molar-refractivity contribution < 1.29 is 19.1 Å². The van der Waals surface area contributed by atoms with Crippen LogP contribution in [0.4, 0.5) is 4.79 Å². The lowest BCUT2D eigenvalue weighted by atomic mass is 10.2. The summed E-state index contributed by atoms with van der Waals surface area (Å²) in [5.41, 5.74) is -0.562. The van der Waals surface area contributed by atoms with Crippen molar-refractivity contribution in [2.24, 2.45) is 0 Å². The fourth-order valence-electron chi connectivity index (χ4n) is 1.49. The minimum absolute atomic E-state index is 0.0766. The van der Waals surface area contributed by atoms with Crippen LogP contribution in [0.1, 0.15) is 48.5 Å². The van der Waals surface area contributed by atoms with E-state index in [4.69, 9.17) is 9.16 Å². The lowest BCUT2D eigenvalue weighted by molar-refractivity contribution is 0.0391. The zero-order chi connectivity index (χ0) is 17.1. The number of alkyl carbamates (subject to hydrolysis) is 1. The third-order valence-corrected chi connectivity index (χ3v) is 8.33. The molecular formula is C15H33NO4Si. The van der Waals surface area contributed by atoms with E-state index in [1.165, 1.54) is 0 Å². The Balaban J connectivity index is 4.71. The highest BCUT2D eigenvalue weighted by molar-refractivity contribution is 6.74. The van der Waals surface area contributed by atoms with Gasteiger partial charge in [0.2, 0.25) is 0 Å². The minimum atomic E-state index is -1.95. The van der Waals surface area contributed by atoms with Gasteiger partial charge in [0.05, 0.1) is 18.8 Å². The normalized spacial score (nSPS) is 16.3. The molecule has 2 atom stereocenters. The first-order valence-electron chi connectivity index (χ1n) is 7.48. The van der Waals surface area contributed by atoms with E-state index in [1.807, 2.05) is 6.92 Å². The first kappa shape index (κ1) is 20.4. The van der Waals surface area contributed by atoms with E-state index in [9.17, 15) is 9.90 Å². The van der Waals surface area contributed by atoms with Gasteiger partial charge in [0, 0.05) is 0 Å². The molecule has 0 aliphatic heterocycles. The SMILES string of the molecule is C[C@@H](O[Si](C)(C)C(C)(C)C)[C@@H](CO)NC(=O)OC(C)(C)C. The molecule has 0 saturated heterocycles. The first-order chi connectivity index (χ1) is 9.19. The van der Waals surface area contributed by atoms with E-state index < -0.39 is 26.1 Å². The van der Waals surface area contributed by atoms with Gasteiger partial charge in [0.25, 0.3) is 0 Å². The van der Waals surface area contributed by atoms with Gasteiger partial charge in [0.1, 0.15) is 5.60 Å². The zero-order valence-electron chi connectivity index (χ0n) is 15.0. The molecule has 0 aliphatic rings. The lowest BCUT2D eigenvalue weighted by Gasteiger charge is -2.40. The van der Waals surface area contributed by atoms with Gasteiger partial charge < -0.3 is 19.6 Å². The average molecular weight is 320 g/mol. The Labute approximate surface area is 130 Å². The number of carbonyl (C=O) groups excluding carboxylic acids is 1. The summed E-state index contributed by atoms with van der Waals surface area (Å²) in [5, 5.41) is 12.3. The second kappa shape index (κ2) is 7.11. The molecule has 0 spiro atoms. The fourth-order valence-corrected chi connectivity index (χ4v) is 2.94. The number of carbonyl (C=O) groups is 1. The van der Waals surface area contributed by atoms with Crippen molar-refractivity contribution in [3.8, 4) is 0 Å². The number of hydrogen-bond acceptors (Lipinski definition) is 4. The largest absolute Gasteiger partial charge is 0.444 e. The summed E-state index contributed by atoms with van der Waals surface area (Å²) >= 11 is 0. The average Bonchev–Trinajstić information content (AvgIpc) is 2.20. The topological polar surface area (TPSA) is 67.8 Å². The number of amides is 1. The van der Waals surface area contributed by atoms with Crippen molar-refractivity contribution in [2.45, 2.75) is 84.3 Å². The Morgan fingerprint density at radius 3 is 2.00 bits per heavy atom. The van der Waals surface area contributed by atoms with Crippen LogP contribution in [-0.4, -0.2) is 43.9 Å². The molecule has 0 aromatic carbocycles. The standard InChI is InChI=1S/C15H33NO4Si/c1-11(20-21(8,9)15(5,6)7)12(10-17)16-13(18)19-14(2,3)4/h11-12,17H,10H2,1-9H3,(H,16,18)/t11-,12-/m1/s1. The molecule has 0 rings (SSSR count). The van der Waals surface area contributed by atoms with Crippen LogP contribution >= 0.6 is 0 Å². The smallest absolute Gasteiger partial charge is 0.408 e. The Hall–Kier alpha value is -0.593. The summed E-state index contributed by atoms with van der Waals surface area (Å²) in [6.07, 6.45) is -0.810. The Kier molecular flexibility index (Phi) is 6.91. The van der Waals surface area contributed by atoms with Crippen molar-refractivity contribution in [3.05, 3.63) is 0 Å². The van der Waals surface area contributed by atoms with Crippen molar-refractivity contribution >= 4 is 14.4 Å². The molecule has 21 heavy (non-hydrogen) atoms. The highest BCUT2D eigenvalue weighted by Crippen LogP contribution is 2.37. The lowest BCUT2D eigenvalue weighted by Crippen LogP contribution is -2.52. The third-order valence-electron chi connectivity index (χ3n) is 3.75. The van der Waals surface area contributed by atoms with E-state index in [-0.39, 0.29) is 17.7 Å². The maximum Gasteiger partial charge on any atom is 0.408 e. The summed E-state index contributed by atoms with van der Waals surface area (Å²) in [6.45, 7) is 17.8. The third kappa shape index (κ3) is 7.29. The van der Waals surface area contributed by atoms with Crippen LogP contribution in [0.2, 0.25) is 18.1 Å². The molecule has 0 aromatic rings. The van der Waals surface area contributed by atoms with E-state index in [2.05, 4.69) is 39.2 Å². The van der Waals surface area contributed by atoms with Crippen LogP contribution < -0.4 is 5.32 Å². The molecule has 5 nitrogen and oxygen atoms in total. The molecule has 2 N–H and O–H groups in total. The van der Waals surface area contributed by atoms with Crippen molar-refractivity contribution in [1.29, 1.82) is 0 Å². The minimum Gasteiger partial charge on any atom is -0.444 e. The van der Waals surface area contributed by atoms with Crippen molar-refractivity contribution in [3.63, 3.8) is 0 Å². The maximum absolute atomic E-state index is 11.8. The van der Waals surface area contributed by atoms with Gasteiger partial charge in [-0.2, -0.15) is 0 Å². The molecule has 1 amide bonds. The molecule has 0 aromatic heterocycles. The Bertz CT molecular complexity index is 345. The van der Waals surface area contributed by atoms with Gasteiger partial charge in [-0.3, -0.25) is 0 Å². The number of aliphatic hydroxyl groups is 1. The first-order valence-corrected chi connectivity index (χ1v) is 10.4. The van der Waals surface area contributed by atoms with Crippen LogP contribution in [-0.2, 0) is 9.16 Å². The highest BCUT2D eigenvalue weighted by Gasteiger charge is 2.40. The number of ether oxygens (including phenoxy) is 1. The molecule has 0 bridgehead atoms. The second-order valence-electron chi connectivity index (χ2n) is 8.02. The van der Waals surface area contributed by atoms with Crippen LogP contribution in [0.25, 0.3) is 0 Å². The molecule has 0 radical (unpaired) electrons. The predicted octanol–water partition coefficient (Wildman–Crippen LogP) is 3.28. The quantitative estimate of drug-likeness (QED) is 0.763. The highest BCUT2D eigenvalue weighted by atomic mass is 28.4. The molecule has 0 heterocycles. The van der Waals surface area contributed by atoms with Crippen LogP contribution in [0.3, 0.4) is 0 Å². The summed E-state index contributed by atoms with van der Waals surface area (Å²) in [7, 11) is -1.95. The number of rotatable bonds is 5. The van der Waals surface area contributed by atoms with Crippen LogP contribution in [0.15, 0.2) is 0 Å². The van der Waals surface area contributed by atoms with Gasteiger partial charge in [-0.15, -0.1) is 0 Å². The van der Waals surface area contributed by atoms with Gasteiger partial charge >= 0.3 is 6.09 Å². The predicted molar refractivity (Wildman–Crippen MR) is 88.0 cm³/mol. The summed E-state index contributed by atoms with van der Waals surface area (Å²) in [6, 6.07) is -0.478.